The van der Waals surface area contributed by atoms with Crippen LogP contribution in [0.4, 0.5) is 4.79 Å². The van der Waals surface area contributed by atoms with Crippen LogP contribution in [0.25, 0.3) is 0 Å². The van der Waals surface area contributed by atoms with Gasteiger partial charge >= 0.3 is 6.03 Å². The lowest BCUT2D eigenvalue weighted by atomic mass is 9.73. The number of hydrogen-bond donors (Lipinski definition) is 3. The topological polar surface area (TPSA) is 70.6 Å². The smallest absolute Gasteiger partial charge is 0.314 e. The quantitative estimate of drug-likeness (QED) is 0.705. The molecule has 1 saturated heterocycles. The van der Waals surface area contributed by atoms with E-state index in [2.05, 4.69) is 24.5 Å². The number of urea groups is 1. The third kappa shape index (κ3) is 5.13. The Morgan fingerprint density at radius 1 is 1.23 bits per heavy atom. The normalized spacial score (nSPS) is 28.5. The molecule has 1 heterocycles. The summed E-state index contributed by atoms with van der Waals surface area (Å²) in [6.07, 6.45) is 6.50. The van der Waals surface area contributed by atoms with Gasteiger partial charge in [-0.2, -0.15) is 0 Å². The van der Waals surface area contributed by atoms with Crippen molar-refractivity contribution in [2.75, 3.05) is 32.9 Å². The van der Waals surface area contributed by atoms with Crippen molar-refractivity contribution < 1.29 is 14.6 Å². The van der Waals surface area contributed by atoms with Crippen molar-refractivity contribution in [3.8, 4) is 0 Å². The van der Waals surface area contributed by atoms with E-state index in [1.807, 2.05) is 0 Å². The molecule has 5 heteroatoms. The van der Waals surface area contributed by atoms with E-state index >= 15 is 0 Å². The van der Waals surface area contributed by atoms with E-state index < -0.39 is 0 Å². The number of aliphatic hydroxyl groups is 1. The highest BCUT2D eigenvalue weighted by atomic mass is 16.5. The predicted octanol–water partition coefficient (Wildman–Crippen LogP) is 2.29. The van der Waals surface area contributed by atoms with Crippen LogP contribution in [0.1, 0.15) is 52.4 Å². The predicted molar refractivity (Wildman–Crippen MR) is 86.7 cm³/mol. The van der Waals surface area contributed by atoms with Crippen LogP contribution in [-0.2, 0) is 4.74 Å². The third-order valence-corrected chi connectivity index (χ3v) is 5.46. The van der Waals surface area contributed by atoms with Crippen LogP contribution < -0.4 is 10.6 Å². The highest BCUT2D eigenvalue weighted by Gasteiger charge is 2.34. The Balaban J connectivity index is 1.65. The maximum atomic E-state index is 12.0. The molecule has 5 nitrogen and oxygen atoms in total. The van der Waals surface area contributed by atoms with Crippen molar-refractivity contribution in [1.29, 1.82) is 0 Å². The van der Waals surface area contributed by atoms with Gasteiger partial charge in [0, 0.05) is 31.7 Å². The first-order valence-corrected chi connectivity index (χ1v) is 8.65. The molecule has 0 aromatic heterocycles. The number of nitrogens with one attached hydrogen (secondary N) is 2. The molecule has 0 radical (unpaired) electrons. The van der Waals surface area contributed by atoms with E-state index in [1.165, 1.54) is 25.7 Å². The van der Waals surface area contributed by atoms with E-state index in [9.17, 15) is 9.90 Å². The minimum absolute atomic E-state index is 0.0824. The van der Waals surface area contributed by atoms with Gasteiger partial charge in [0.05, 0.1) is 6.61 Å². The summed E-state index contributed by atoms with van der Waals surface area (Å²) in [6.45, 7) is 7.50. The van der Waals surface area contributed by atoms with Gasteiger partial charge in [-0.25, -0.2) is 4.79 Å². The minimum Gasteiger partial charge on any atom is -0.396 e. The Morgan fingerprint density at radius 2 is 1.95 bits per heavy atom. The van der Waals surface area contributed by atoms with Gasteiger partial charge < -0.3 is 20.5 Å². The van der Waals surface area contributed by atoms with Gasteiger partial charge in [0.15, 0.2) is 0 Å². The molecule has 1 aliphatic heterocycles. The lowest BCUT2D eigenvalue weighted by Crippen LogP contribution is -2.45. The first kappa shape index (κ1) is 17.5. The Kier molecular flexibility index (Phi) is 6.09. The fourth-order valence-electron chi connectivity index (χ4n) is 3.54. The summed E-state index contributed by atoms with van der Waals surface area (Å²) in [6, 6.07) is -0.0888. The van der Waals surface area contributed by atoms with Crippen molar-refractivity contribution in [3.63, 3.8) is 0 Å². The number of aliphatic hydroxyl groups excluding tert-OH is 1. The zero-order valence-electron chi connectivity index (χ0n) is 14.1. The second-order valence-electron chi connectivity index (χ2n) is 7.95. The molecule has 1 aliphatic carbocycles. The van der Waals surface area contributed by atoms with E-state index in [1.54, 1.807) is 0 Å². The van der Waals surface area contributed by atoms with E-state index in [-0.39, 0.29) is 18.1 Å². The van der Waals surface area contributed by atoms with Crippen molar-refractivity contribution in [1.82, 2.24) is 10.6 Å². The average molecular weight is 312 g/mol. The van der Waals surface area contributed by atoms with Crippen molar-refractivity contribution in [2.24, 2.45) is 16.7 Å². The Morgan fingerprint density at radius 3 is 2.55 bits per heavy atom. The number of carbonyl (C=O) groups is 1. The van der Waals surface area contributed by atoms with Gasteiger partial charge in [-0.1, -0.05) is 13.8 Å². The molecule has 0 aromatic carbocycles. The summed E-state index contributed by atoms with van der Waals surface area (Å²) in [5.41, 5.74) is 0.388. The number of carbonyl (C=O) groups excluding carboxylic acids is 1. The highest BCUT2D eigenvalue weighted by molar-refractivity contribution is 5.73. The summed E-state index contributed by atoms with van der Waals surface area (Å²) < 4.78 is 5.44. The van der Waals surface area contributed by atoms with Crippen LogP contribution in [-0.4, -0.2) is 44.0 Å². The van der Waals surface area contributed by atoms with E-state index in [0.717, 1.165) is 19.6 Å². The average Bonchev–Trinajstić information content (AvgIpc) is 2.93. The van der Waals surface area contributed by atoms with E-state index in [4.69, 9.17) is 4.74 Å². The lowest BCUT2D eigenvalue weighted by Gasteiger charge is -2.34. The first-order chi connectivity index (χ1) is 10.4. The zero-order chi connectivity index (χ0) is 16.1. The maximum absolute atomic E-state index is 12.0. The molecule has 3 N–H and O–H groups in total. The molecule has 0 bridgehead atoms. The molecule has 2 amide bonds. The molecular weight excluding hydrogens is 280 g/mol. The second-order valence-corrected chi connectivity index (χ2v) is 7.95. The summed E-state index contributed by atoms with van der Waals surface area (Å²) in [7, 11) is 0. The van der Waals surface area contributed by atoms with Gasteiger partial charge in [-0.3, -0.25) is 0 Å². The number of hydrogen-bond acceptors (Lipinski definition) is 3. The fourth-order valence-corrected chi connectivity index (χ4v) is 3.54. The van der Waals surface area contributed by atoms with E-state index in [0.29, 0.717) is 30.9 Å². The molecule has 128 valence electrons. The summed E-state index contributed by atoms with van der Waals surface area (Å²) in [5.74, 6) is 0.611. The third-order valence-electron chi connectivity index (χ3n) is 5.46. The van der Waals surface area contributed by atoms with Crippen LogP contribution >= 0.6 is 0 Å². The Labute approximate surface area is 134 Å². The molecule has 2 rings (SSSR count). The molecule has 1 saturated carbocycles. The standard InChI is InChI=1S/C17H32N2O3/c1-16(2)5-3-14(4-6-16)11-18-15(21)19-12-17(7-9-20)8-10-22-13-17/h14,20H,3-13H2,1-2H3,(H2,18,19,21). The lowest BCUT2D eigenvalue weighted by molar-refractivity contribution is 0.125. The van der Waals surface area contributed by atoms with Gasteiger partial charge in [0.1, 0.15) is 0 Å². The minimum atomic E-state index is -0.0888. The Bertz CT molecular complexity index is 355. The van der Waals surface area contributed by atoms with Crippen LogP contribution in [0.5, 0.6) is 0 Å². The molecule has 22 heavy (non-hydrogen) atoms. The van der Waals surface area contributed by atoms with Crippen LogP contribution in [0, 0.1) is 16.7 Å². The molecule has 2 fully saturated rings. The highest BCUT2D eigenvalue weighted by Crippen LogP contribution is 2.37. The molecule has 2 aliphatic rings. The number of amides is 2. The summed E-state index contributed by atoms with van der Waals surface area (Å²) in [4.78, 5) is 12.0. The molecule has 0 spiro atoms. The second kappa shape index (κ2) is 7.64. The molecule has 1 atom stereocenters. The maximum Gasteiger partial charge on any atom is 0.314 e. The van der Waals surface area contributed by atoms with Crippen LogP contribution in [0.2, 0.25) is 0 Å². The SMILES string of the molecule is CC1(C)CCC(CNC(=O)NCC2(CCO)CCOC2)CC1. The van der Waals surface area contributed by atoms with Gasteiger partial charge in [-0.05, 0) is 49.9 Å². The van der Waals surface area contributed by atoms with Crippen molar-refractivity contribution in [2.45, 2.75) is 52.4 Å². The molecular formula is C17H32N2O3. The summed E-state index contributed by atoms with van der Waals surface area (Å²) in [5, 5.41) is 15.2. The van der Waals surface area contributed by atoms with Gasteiger partial charge in [0.25, 0.3) is 0 Å². The van der Waals surface area contributed by atoms with Crippen molar-refractivity contribution in [3.05, 3.63) is 0 Å². The van der Waals surface area contributed by atoms with Crippen LogP contribution in [0.3, 0.4) is 0 Å². The van der Waals surface area contributed by atoms with Gasteiger partial charge in [0.2, 0.25) is 0 Å². The summed E-state index contributed by atoms with van der Waals surface area (Å²) >= 11 is 0. The Hall–Kier alpha value is -0.810. The molecule has 1 unspecified atom stereocenters. The molecule has 0 aromatic rings. The number of ether oxygens (including phenoxy) is 1. The number of rotatable bonds is 6. The monoisotopic (exact) mass is 312 g/mol. The fraction of sp³-hybridized carbons (Fsp3) is 0.941. The van der Waals surface area contributed by atoms with Gasteiger partial charge in [-0.15, -0.1) is 0 Å². The van der Waals surface area contributed by atoms with Crippen molar-refractivity contribution >= 4 is 6.03 Å². The largest absolute Gasteiger partial charge is 0.396 e. The first-order valence-electron chi connectivity index (χ1n) is 8.65. The van der Waals surface area contributed by atoms with Crippen LogP contribution in [0.15, 0.2) is 0 Å². The zero-order valence-corrected chi connectivity index (χ0v) is 14.1.